The van der Waals surface area contributed by atoms with Crippen molar-refractivity contribution in [1.82, 2.24) is 9.97 Å². The fraction of sp³-hybridized carbons (Fsp3) is 0.0323. The Morgan fingerprint density at radius 3 is 1.45 bits per heavy atom. The Bertz CT molecular complexity index is 1590. The molecular weight excluding hydrogens is 400 g/mol. The molecule has 2 nitrogen and oxygen atoms in total. The molecule has 6 aromatic rings. The smallest absolute Gasteiger partial charge is 0.0978 e. The van der Waals surface area contributed by atoms with Gasteiger partial charge in [-0.25, -0.2) is 4.98 Å². The minimum atomic E-state index is 0.939. The molecular formula is C31H22N2. The van der Waals surface area contributed by atoms with Gasteiger partial charge in [-0.15, -0.1) is 0 Å². The van der Waals surface area contributed by atoms with Gasteiger partial charge in [0.15, 0.2) is 0 Å². The van der Waals surface area contributed by atoms with Crippen molar-refractivity contribution < 1.29 is 0 Å². The molecule has 0 radical (unpaired) electrons. The number of aryl methyl sites for hydroxylation is 1. The van der Waals surface area contributed by atoms with Gasteiger partial charge in [0.05, 0.1) is 16.7 Å². The molecule has 2 heteroatoms. The number of pyridine rings is 2. The van der Waals surface area contributed by atoms with Crippen LogP contribution in [0.1, 0.15) is 5.69 Å². The second-order valence-corrected chi connectivity index (χ2v) is 8.32. The zero-order valence-corrected chi connectivity index (χ0v) is 18.4. The minimum absolute atomic E-state index is 0.939. The Morgan fingerprint density at radius 1 is 0.455 bits per heavy atom. The van der Waals surface area contributed by atoms with Gasteiger partial charge in [0.2, 0.25) is 0 Å². The van der Waals surface area contributed by atoms with Crippen LogP contribution < -0.4 is 0 Å². The third kappa shape index (κ3) is 3.46. The van der Waals surface area contributed by atoms with Gasteiger partial charge < -0.3 is 0 Å². The highest BCUT2D eigenvalue weighted by Crippen LogP contribution is 2.37. The fourth-order valence-electron chi connectivity index (χ4n) is 4.57. The van der Waals surface area contributed by atoms with Gasteiger partial charge in [-0.3, -0.25) is 4.98 Å². The van der Waals surface area contributed by atoms with Crippen LogP contribution in [-0.2, 0) is 0 Å². The van der Waals surface area contributed by atoms with Crippen molar-refractivity contribution in [1.29, 1.82) is 0 Å². The minimum Gasteiger partial charge on any atom is -0.251 e. The lowest BCUT2D eigenvalue weighted by Gasteiger charge is -2.14. The average Bonchev–Trinajstić information content (AvgIpc) is 2.89. The van der Waals surface area contributed by atoms with Gasteiger partial charge >= 0.3 is 0 Å². The first-order valence-corrected chi connectivity index (χ1v) is 11.2. The largest absolute Gasteiger partial charge is 0.251 e. The Morgan fingerprint density at radius 2 is 0.909 bits per heavy atom. The molecule has 0 saturated carbocycles. The summed E-state index contributed by atoms with van der Waals surface area (Å²) in [5, 5.41) is 2.24. The summed E-state index contributed by atoms with van der Waals surface area (Å²) in [6.07, 6.45) is 0. The summed E-state index contributed by atoms with van der Waals surface area (Å²) in [7, 11) is 0. The van der Waals surface area contributed by atoms with E-state index < -0.39 is 0 Å². The van der Waals surface area contributed by atoms with Crippen LogP contribution >= 0.6 is 0 Å². The Hall–Kier alpha value is -4.30. The van der Waals surface area contributed by atoms with E-state index in [1.807, 2.05) is 6.07 Å². The van der Waals surface area contributed by atoms with Crippen LogP contribution in [0.2, 0.25) is 0 Å². The zero-order valence-electron chi connectivity index (χ0n) is 18.4. The molecule has 6 rings (SSSR count). The molecule has 0 aliphatic rings. The van der Waals surface area contributed by atoms with Gasteiger partial charge in [-0.05, 0) is 41.3 Å². The summed E-state index contributed by atoms with van der Waals surface area (Å²) >= 11 is 0. The van der Waals surface area contributed by atoms with Gasteiger partial charge in [0.25, 0.3) is 0 Å². The van der Waals surface area contributed by atoms with Crippen LogP contribution in [0.3, 0.4) is 0 Å². The fourth-order valence-corrected chi connectivity index (χ4v) is 4.57. The van der Waals surface area contributed by atoms with Crippen molar-refractivity contribution >= 4 is 21.8 Å². The molecule has 4 aromatic carbocycles. The summed E-state index contributed by atoms with van der Waals surface area (Å²) in [6.45, 7) is 2.06. The Balaban J connectivity index is 1.73. The predicted octanol–water partition coefficient (Wildman–Crippen LogP) is 8.09. The molecule has 2 heterocycles. The highest BCUT2D eigenvalue weighted by molar-refractivity contribution is 6.12. The van der Waals surface area contributed by atoms with E-state index in [0.717, 1.165) is 38.8 Å². The number of hydrogen-bond acceptors (Lipinski definition) is 2. The third-order valence-electron chi connectivity index (χ3n) is 6.13. The molecule has 0 unspecified atom stereocenters. The van der Waals surface area contributed by atoms with E-state index in [0.29, 0.717) is 0 Å². The van der Waals surface area contributed by atoms with Crippen molar-refractivity contribution in [3.63, 3.8) is 0 Å². The molecule has 0 amide bonds. The van der Waals surface area contributed by atoms with Crippen LogP contribution in [0.15, 0.2) is 115 Å². The van der Waals surface area contributed by atoms with Crippen LogP contribution in [-0.4, -0.2) is 9.97 Å². The van der Waals surface area contributed by atoms with Gasteiger partial charge in [0, 0.05) is 22.0 Å². The number of fused-ring (bicyclic) bond motifs is 3. The van der Waals surface area contributed by atoms with Crippen molar-refractivity contribution in [2.75, 3.05) is 0 Å². The van der Waals surface area contributed by atoms with E-state index >= 15 is 0 Å². The van der Waals surface area contributed by atoms with Gasteiger partial charge in [-0.1, -0.05) is 103 Å². The molecule has 0 bridgehead atoms. The molecule has 156 valence electrons. The SMILES string of the molecule is Cc1cc(-c2ccccc2)c2ccc3c(-c4ccccc4)cc(-c4ccccc4)nc3c2n1. The topological polar surface area (TPSA) is 25.8 Å². The molecule has 0 aliphatic carbocycles. The first kappa shape index (κ1) is 19.4. The summed E-state index contributed by atoms with van der Waals surface area (Å²) in [6, 6.07) is 40.2. The van der Waals surface area contributed by atoms with Crippen molar-refractivity contribution in [2.45, 2.75) is 6.92 Å². The number of aromatic nitrogens is 2. The Kier molecular flexibility index (Phi) is 4.70. The van der Waals surface area contributed by atoms with Gasteiger partial charge in [-0.2, -0.15) is 0 Å². The molecule has 0 saturated heterocycles. The highest BCUT2D eigenvalue weighted by Gasteiger charge is 2.15. The van der Waals surface area contributed by atoms with E-state index in [4.69, 9.17) is 9.97 Å². The van der Waals surface area contributed by atoms with Crippen LogP contribution in [0.4, 0.5) is 0 Å². The average molecular weight is 423 g/mol. The molecule has 0 N–H and O–H groups in total. The molecule has 33 heavy (non-hydrogen) atoms. The van der Waals surface area contributed by atoms with Crippen LogP contribution in [0, 0.1) is 6.92 Å². The lowest BCUT2D eigenvalue weighted by Crippen LogP contribution is -1.95. The standard InChI is InChI=1S/C31H22N2/c1-21-19-27(22-11-5-2-6-12-22)25-17-18-26-28(23-13-7-3-8-14-23)20-29(24-15-9-4-10-16-24)33-31(26)30(25)32-21/h2-20H,1H3. The molecule has 2 aromatic heterocycles. The van der Waals surface area contributed by atoms with Crippen molar-refractivity contribution in [3.8, 4) is 33.5 Å². The predicted molar refractivity (Wildman–Crippen MR) is 138 cm³/mol. The molecule has 0 aliphatic heterocycles. The van der Waals surface area contributed by atoms with E-state index in [1.54, 1.807) is 0 Å². The second-order valence-electron chi connectivity index (χ2n) is 8.32. The summed E-state index contributed by atoms with van der Waals surface area (Å²) < 4.78 is 0. The lowest BCUT2D eigenvalue weighted by atomic mass is 9.94. The maximum absolute atomic E-state index is 5.17. The Labute approximate surface area is 193 Å². The first-order chi connectivity index (χ1) is 16.3. The first-order valence-electron chi connectivity index (χ1n) is 11.2. The summed E-state index contributed by atoms with van der Waals surface area (Å²) in [5.74, 6) is 0. The van der Waals surface area contributed by atoms with Crippen molar-refractivity contribution in [3.05, 3.63) is 121 Å². The van der Waals surface area contributed by atoms with E-state index in [1.165, 1.54) is 22.3 Å². The summed E-state index contributed by atoms with van der Waals surface area (Å²) in [5.41, 5.74) is 9.66. The number of hydrogen-bond donors (Lipinski definition) is 0. The number of rotatable bonds is 3. The normalized spacial score (nSPS) is 11.2. The van der Waals surface area contributed by atoms with Gasteiger partial charge in [0.1, 0.15) is 0 Å². The summed E-state index contributed by atoms with van der Waals surface area (Å²) in [4.78, 5) is 10.2. The number of nitrogens with zero attached hydrogens (tertiary/aromatic N) is 2. The third-order valence-corrected chi connectivity index (χ3v) is 6.13. The quantitative estimate of drug-likeness (QED) is 0.269. The maximum atomic E-state index is 5.17. The van der Waals surface area contributed by atoms with E-state index in [2.05, 4.69) is 116 Å². The highest BCUT2D eigenvalue weighted by atomic mass is 14.8. The van der Waals surface area contributed by atoms with E-state index in [-0.39, 0.29) is 0 Å². The van der Waals surface area contributed by atoms with Crippen LogP contribution in [0.25, 0.3) is 55.3 Å². The van der Waals surface area contributed by atoms with Crippen molar-refractivity contribution in [2.24, 2.45) is 0 Å². The zero-order chi connectivity index (χ0) is 22.2. The molecule has 0 fully saturated rings. The van der Waals surface area contributed by atoms with Crippen LogP contribution in [0.5, 0.6) is 0 Å². The molecule has 0 spiro atoms. The maximum Gasteiger partial charge on any atom is 0.0978 e. The lowest BCUT2D eigenvalue weighted by molar-refractivity contribution is 1.25. The molecule has 0 atom stereocenters. The number of benzene rings is 4. The monoisotopic (exact) mass is 422 g/mol. The van der Waals surface area contributed by atoms with E-state index in [9.17, 15) is 0 Å². The second kappa shape index (κ2) is 7.99.